The van der Waals surface area contributed by atoms with E-state index in [1.54, 1.807) is 12.1 Å². The summed E-state index contributed by atoms with van der Waals surface area (Å²) in [5.74, 6) is 0.230. The lowest BCUT2D eigenvalue weighted by molar-refractivity contribution is 0.866. The molecule has 1 aromatic rings. The Kier molecular flexibility index (Phi) is 3.19. The van der Waals surface area contributed by atoms with Crippen LogP contribution in [0.25, 0.3) is 0 Å². The van der Waals surface area contributed by atoms with Gasteiger partial charge in [0.15, 0.2) is 0 Å². The van der Waals surface area contributed by atoms with Gasteiger partial charge in [0.1, 0.15) is 6.07 Å². The maximum Gasteiger partial charge on any atom is 0.101 e. The van der Waals surface area contributed by atoms with Gasteiger partial charge in [-0.25, -0.2) is 0 Å². The number of nitrogens with zero attached hydrogens (tertiary/aromatic N) is 1. The predicted molar refractivity (Wildman–Crippen MR) is 55.3 cm³/mol. The highest BCUT2D eigenvalue weighted by Crippen LogP contribution is 2.33. The van der Waals surface area contributed by atoms with Crippen LogP contribution in [0.4, 0.5) is 0 Å². The molecule has 0 unspecified atom stereocenters. The van der Waals surface area contributed by atoms with E-state index in [1.807, 2.05) is 19.9 Å². The van der Waals surface area contributed by atoms with E-state index in [2.05, 4.69) is 0 Å². The molecule has 0 aromatic heterocycles. The average Bonchev–Trinajstić information content (AvgIpc) is 2.04. The van der Waals surface area contributed by atoms with Crippen LogP contribution in [0.15, 0.2) is 12.1 Å². The molecule has 0 aliphatic carbocycles. The zero-order valence-electron chi connectivity index (χ0n) is 7.44. The second-order valence-electron chi connectivity index (χ2n) is 3.09. The number of hydrogen-bond acceptors (Lipinski definition) is 1. The standard InChI is InChI=1S/C10H9Cl2N/c1-6(2)9-8(11)4-3-7(5-13)10(9)12/h3-4,6H,1-2H3. The van der Waals surface area contributed by atoms with Gasteiger partial charge in [0.2, 0.25) is 0 Å². The lowest BCUT2D eigenvalue weighted by Gasteiger charge is -2.10. The lowest BCUT2D eigenvalue weighted by Crippen LogP contribution is -1.92. The van der Waals surface area contributed by atoms with Crippen molar-refractivity contribution in [1.82, 2.24) is 0 Å². The molecule has 0 saturated carbocycles. The Morgan fingerprint density at radius 3 is 2.38 bits per heavy atom. The summed E-state index contributed by atoms with van der Waals surface area (Å²) in [5, 5.41) is 9.84. The molecule has 1 aromatic carbocycles. The summed E-state index contributed by atoms with van der Waals surface area (Å²) in [7, 11) is 0. The van der Waals surface area contributed by atoms with Gasteiger partial charge in [0.05, 0.1) is 10.6 Å². The number of halogens is 2. The molecule has 0 amide bonds. The first-order valence-corrected chi connectivity index (χ1v) is 4.71. The molecule has 13 heavy (non-hydrogen) atoms. The van der Waals surface area contributed by atoms with Gasteiger partial charge in [0, 0.05) is 5.02 Å². The molecule has 0 aliphatic heterocycles. The van der Waals surface area contributed by atoms with Gasteiger partial charge in [-0.05, 0) is 23.6 Å². The van der Waals surface area contributed by atoms with E-state index in [1.165, 1.54) is 0 Å². The molecular formula is C10H9Cl2N. The zero-order chi connectivity index (χ0) is 10.0. The highest BCUT2D eigenvalue weighted by molar-refractivity contribution is 6.36. The minimum absolute atomic E-state index is 0.230. The molecule has 0 radical (unpaired) electrons. The van der Waals surface area contributed by atoms with Gasteiger partial charge in [-0.1, -0.05) is 37.0 Å². The van der Waals surface area contributed by atoms with Gasteiger partial charge in [-0.15, -0.1) is 0 Å². The van der Waals surface area contributed by atoms with Crippen molar-refractivity contribution >= 4 is 23.2 Å². The topological polar surface area (TPSA) is 23.8 Å². The summed E-state index contributed by atoms with van der Waals surface area (Å²) in [6.45, 7) is 3.99. The first-order chi connectivity index (χ1) is 6.07. The van der Waals surface area contributed by atoms with Crippen LogP contribution in [0.2, 0.25) is 10.0 Å². The van der Waals surface area contributed by atoms with E-state index in [9.17, 15) is 0 Å². The predicted octanol–water partition coefficient (Wildman–Crippen LogP) is 3.99. The van der Waals surface area contributed by atoms with Crippen molar-refractivity contribution in [3.05, 3.63) is 33.3 Å². The first-order valence-electron chi connectivity index (χ1n) is 3.96. The van der Waals surface area contributed by atoms with Gasteiger partial charge < -0.3 is 0 Å². The molecule has 0 bridgehead atoms. The zero-order valence-corrected chi connectivity index (χ0v) is 8.95. The van der Waals surface area contributed by atoms with Crippen LogP contribution in [0.3, 0.4) is 0 Å². The Bertz CT molecular complexity index is 364. The Morgan fingerprint density at radius 1 is 1.31 bits per heavy atom. The lowest BCUT2D eigenvalue weighted by atomic mass is 10.0. The second kappa shape index (κ2) is 4.00. The number of nitriles is 1. The minimum Gasteiger partial charge on any atom is -0.192 e. The summed E-state index contributed by atoms with van der Waals surface area (Å²) in [6, 6.07) is 5.37. The molecule has 0 aliphatic rings. The summed E-state index contributed by atoms with van der Waals surface area (Å²) < 4.78 is 0. The van der Waals surface area contributed by atoms with Crippen LogP contribution in [-0.4, -0.2) is 0 Å². The number of rotatable bonds is 1. The fourth-order valence-corrected chi connectivity index (χ4v) is 2.03. The minimum atomic E-state index is 0.230. The van der Waals surface area contributed by atoms with Crippen LogP contribution in [0, 0.1) is 11.3 Å². The Balaban J connectivity index is 3.41. The molecule has 1 rings (SSSR count). The third-order valence-corrected chi connectivity index (χ3v) is 2.56. The van der Waals surface area contributed by atoms with Crippen molar-refractivity contribution in [1.29, 1.82) is 5.26 Å². The third kappa shape index (κ3) is 1.96. The third-order valence-electron chi connectivity index (χ3n) is 1.82. The van der Waals surface area contributed by atoms with Crippen molar-refractivity contribution in [2.75, 3.05) is 0 Å². The molecule has 0 fully saturated rings. The maximum absolute atomic E-state index is 8.74. The summed E-state index contributed by atoms with van der Waals surface area (Å²) >= 11 is 12.0. The number of benzene rings is 1. The van der Waals surface area contributed by atoms with Crippen LogP contribution in [0.1, 0.15) is 30.9 Å². The fraction of sp³-hybridized carbons (Fsp3) is 0.300. The molecule has 3 heteroatoms. The van der Waals surface area contributed by atoms with Crippen molar-refractivity contribution in [2.45, 2.75) is 19.8 Å². The molecule has 0 N–H and O–H groups in total. The Hall–Kier alpha value is -0.710. The molecule has 68 valence electrons. The quantitative estimate of drug-likeness (QED) is 0.693. The Morgan fingerprint density at radius 2 is 1.92 bits per heavy atom. The van der Waals surface area contributed by atoms with Crippen LogP contribution in [-0.2, 0) is 0 Å². The molecule has 0 spiro atoms. The van der Waals surface area contributed by atoms with Gasteiger partial charge in [0.25, 0.3) is 0 Å². The van der Waals surface area contributed by atoms with Crippen LogP contribution >= 0.6 is 23.2 Å². The van der Waals surface area contributed by atoms with Crippen molar-refractivity contribution in [2.24, 2.45) is 0 Å². The maximum atomic E-state index is 8.74. The van der Waals surface area contributed by atoms with E-state index in [0.29, 0.717) is 15.6 Å². The van der Waals surface area contributed by atoms with E-state index in [-0.39, 0.29) is 5.92 Å². The van der Waals surface area contributed by atoms with Gasteiger partial charge in [-0.3, -0.25) is 0 Å². The van der Waals surface area contributed by atoms with Crippen LogP contribution in [0.5, 0.6) is 0 Å². The normalized spacial score (nSPS) is 10.2. The molecule has 0 saturated heterocycles. The molecule has 0 heterocycles. The summed E-state index contributed by atoms with van der Waals surface area (Å²) in [6.07, 6.45) is 0. The van der Waals surface area contributed by atoms with Crippen molar-refractivity contribution in [3.8, 4) is 6.07 Å². The summed E-state index contributed by atoms with van der Waals surface area (Å²) in [5.41, 5.74) is 1.33. The van der Waals surface area contributed by atoms with Crippen molar-refractivity contribution in [3.63, 3.8) is 0 Å². The molecular weight excluding hydrogens is 205 g/mol. The number of hydrogen-bond donors (Lipinski definition) is 0. The first kappa shape index (κ1) is 10.4. The highest BCUT2D eigenvalue weighted by atomic mass is 35.5. The van der Waals surface area contributed by atoms with Crippen LogP contribution < -0.4 is 0 Å². The second-order valence-corrected chi connectivity index (χ2v) is 3.87. The Labute approximate surface area is 87.9 Å². The monoisotopic (exact) mass is 213 g/mol. The van der Waals surface area contributed by atoms with E-state index < -0.39 is 0 Å². The average molecular weight is 214 g/mol. The molecule has 1 nitrogen and oxygen atoms in total. The molecule has 0 atom stereocenters. The fourth-order valence-electron chi connectivity index (χ4n) is 1.18. The smallest absolute Gasteiger partial charge is 0.101 e. The van der Waals surface area contributed by atoms with Gasteiger partial charge >= 0.3 is 0 Å². The van der Waals surface area contributed by atoms with E-state index in [0.717, 1.165) is 5.56 Å². The largest absolute Gasteiger partial charge is 0.192 e. The van der Waals surface area contributed by atoms with E-state index >= 15 is 0 Å². The van der Waals surface area contributed by atoms with E-state index in [4.69, 9.17) is 28.5 Å². The van der Waals surface area contributed by atoms with Gasteiger partial charge in [-0.2, -0.15) is 5.26 Å². The highest BCUT2D eigenvalue weighted by Gasteiger charge is 2.12. The van der Waals surface area contributed by atoms with Crippen molar-refractivity contribution < 1.29 is 0 Å². The SMILES string of the molecule is CC(C)c1c(Cl)ccc(C#N)c1Cl. The summed E-state index contributed by atoms with van der Waals surface area (Å²) in [4.78, 5) is 0.